The number of pyridine rings is 1. The van der Waals surface area contributed by atoms with Crippen LogP contribution in [-0.4, -0.2) is 23.5 Å². The van der Waals surface area contributed by atoms with Crippen LogP contribution in [0.1, 0.15) is 16.7 Å². The van der Waals surface area contributed by atoms with Gasteiger partial charge in [-0.3, -0.25) is 4.90 Å². The van der Waals surface area contributed by atoms with Crippen molar-refractivity contribution >= 4 is 21.7 Å². The fraction of sp³-hybridized carbons (Fsp3) is 0.167. The Kier molecular flexibility index (Phi) is 5.04. The molecular formula is C30H26N2O. The summed E-state index contributed by atoms with van der Waals surface area (Å²) in [5, 5.41) is 3.89. The van der Waals surface area contributed by atoms with Gasteiger partial charge in [-0.1, -0.05) is 72.8 Å². The van der Waals surface area contributed by atoms with Gasteiger partial charge in [0.05, 0.1) is 18.3 Å². The Morgan fingerprint density at radius 3 is 2.58 bits per heavy atom. The summed E-state index contributed by atoms with van der Waals surface area (Å²) in [6.45, 7) is 2.89. The smallest absolute Gasteiger partial charge is 0.119 e. The molecule has 2 heterocycles. The van der Waals surface area contributed by atoms with Gasteiger partial charge in [0.15, 0.2) is 0 Å². The van der Waals surface area contributed by atoms with Crippen molar-refractivity contribution in [3.8, 4) is 17.0 Å². The molecule has 1 aliphatic heterocycles. The van der Waals surface area contributed by atoms with Crippen molar-refractivity contribution in [1.82, 2.24) is 9.88 Å². The molecule has 3 nitrogen and oxygen atoms in total. The summed E-state index contributed by atoms with van der Waals surface area (Å²) in [6.07, 6.45) is 1.02. The van der Waals surface area contributed by atoms with E-state index in [1.807, 2.05) is 6.07 Å². The molecular weight excluding hydrogens is 404 g/mol. The fourth-order valence-electron chi connectivity index (χ4n) is 5.16. The van der Waals surface area contributed by atoms with Gasteiger partial charge in [0.25, 0.3) is 0 Å². The third-order valence-electron chi connectivity index (χ3n) is 6.74. The molecule has 162 valence electrons. The zero-order chi connectivity index (χ0) is 22.2. The quantitative estimate of drug-likeness (QED) is 0.300. The Bertz CT molecular complexity index is 1460. The molecule has 1 aromatic heterocycles. The predicted octanol–water partition coefficient (Wildman–Crippen LogP) is 6.62. The first-order valence-corrected chi connectivity index (χ1v) is 11.5. The summed E-state index contributed by atoms with van der Waals surface area (Å²) in [6, 6.07) is 32.1. The highest BCUT2D eigenvalue weighted by molar-refractivity contribution is 6.09. The van der Waals surface area contributed by atoms with Gasteiger partial charge in [-0.25, -0.2) is 4.98 Å². The van der Waals surface area contributed by atoms with Gasteiger partial charge < -0.3 is 4.74 Å². The number of benzene rings is 4. The topological polar surface area (TPSA) is 25.4 Å². The van der Waals surface area contributed by atoms with Gasteiger partial charge in [0.1, 0.15) is 5.75 Å². The van der Waals surface area contributed by atoms with E-state index in [1.165, 1.54) is 32.8 Å². The zero-order valence-electron chi connectivity index (χ0n) is 18.8. The summed E-state index contributed by atoms with van der Waals surface area (Å²) in [5.74, 6) is 0.860. The number of methoxy groups -OCH3 is 1. The van der Waals surface area contributed by atoms with Crippen LogP contribution in [0.15, 0.2) is 91.0 Å². The van der Waals surface area contributed by atoms with Crippen LogP contribution in [0, 0.1) is 0 Å². The van der Waals surface area contributed by atoms with Crippen LogP contribution in [0.5, 0.6) is 5.75 Å². The first-order chi connectivity index (χ1) is 16.3. The molecule has 1 aliphatic rings. The van der Waals surface area contributed by atoms with Crippen LogP contribution < -0.4 is 4.74 Å². The second-order valence-corrected chi connectivity index (χ2v) is 8.78. The summed E-state index contributed by atoms with van der Waals surface area (Å²) in [4.78, 5) is 7.79. The number of hydrogen-bond donors (Lipinski definition) is 0. The van der Waals surface area contributed by atoms with E-state index in [4.69, 9.17) is 9.72 Å². The van der Waals surface area contributed by atoms with Crippen molar-refractivity contribution in [2.24, 2.45) is 0 Å². The van der Waals surface area contributed by atoms with Crippen LogP contribution in [0.4, 0.5) is 0 Å². The van der Waals surface area contributed by atoms with E-state index < -0.39 is 0 Å². The third-order valence-corrected chi connectivity index (χ3v) is 6.74. The van der Waals surface area contributed by atoms with Gasteiger partial charge in [-0.15, -0.1) is 0 Å². The number of nitrogens with zero attached hydrogens (tertiary/aromatic N) is 2. The van der Waals surface area contributed by atoms with Gasteiger partial charge >= 0.3 is 0 Å². The van der Waals surface area contributed by atoms with E-state index in [0.29, 0.717) is 0 Å². The standard InChI is InChI=1S/C30H26N2O/c1-33-24-12-7-11-23(18-24)30-27-20-32(19-21-8-3-2-4-9-21)17-16-26(27)29-25-13-6-5-10-22(25)14-15-28(29)31-30/h2-15,18H,16-17,19-20H2,1H3. The van der Waals surface area contributed by atoms with Gasteiger partial charge in [0, 0.05) is 30.6 Å². The number of hydrogen-bond acceptors (Lipinski definition) is 3. The predicted molar refractivity (Wildman–Crippen MR) is 135 cm³/mol. The molecule has 33 heavy (non-hydrogen) atoms. The van der Waals surface area contributed by atoms with Crippen molar-refractivity contribution in [3.63, 3.8) is 0 Å². The molecule has 0 aliphatic carbocycles. The minimum absolute atomic E-state index is 0.860. The van der Waals surface area contributed by atoms with Gasteiger partial charge in [-0.2, -0.15) is 0 Å². The third kappa shape index (κ3) is 3.65. The SMILES string of the molecule is COc1cccc(-c2nc3ccc4ccccc4c3c3c2CN(Cc2ccccc2)CC3)c1. The lowest BCUT2D eigenvalue weighted by Gasteiger charge is -2.31. The van der Waals surface area contributed by atoms with E-state index in [0.717, 1.165) is 48.6 Å². The average Bonchev–Trinajstić information content (AvgIpc) is 2.88. The lowest BCUT2D eigenvalue weighted by Crippen LogP contribution is -2.31. The van der Waals surface area contributed by atoms with Crippen LogP contribution >= 0.6 is 0 Å². The van der Waals surface area contributed by atoms with Crippen molar-refractivity contribution in [2.75, 3.05) is 13.7 Å². The molecule has 0 atom stereocenters. The largest absolute Gasteiger partial charge is 0.497 e. The van der Waals surface area contributed by atoms with E-state index in [9.17, 15) is 0 Å². The van der Waals surface area contributed by atoms with E-state index in [-0.39, 0.29) is 0 Å². The maximum Gasteiger partial charge on any atom is 0.119 e. The Balaban J connectivity index is 1.55. The van der Waals surface area contributed by atoms with Crippen molar-refractivity contribution < 1.29 is 4.74 Å². The minimum Gasteiger partial charge on any atom is -0.497 e. The Morgan fingerprint density at radius 2 is 1.70 bits per heavy atom. The van der Waals surface area contributed by atoms with Crippen LogP contribution in [0.3, 0.4) is 0 Å². The maximum absolute atomic E-state index is 5.53. The second-order valence-electron chi connectivity index (χ2n) is 8.78. The second kappa shape index (κ2) is 8.34. The number of rotatable bonds is 4. The average molecular weight is 431 g/mol. The lowest BCUT2D eigenvalue weighted by molar-refractivity contribution is 0.246. The Labute approximate surface area is 194 Å². The Hall–Kier alpha value is -3.69. The molecule has 0 spiro atoms. The summed E-state index contributed by atoms with van der Waals surface area (Å²) in [7, 11) is 1.72. The minimum atomic E-state index is 0.860. The van der Waals surface area contributed by atoms with E-state index in [1.54, 1.807) is 7.11 Å². The van der Waals surface area contributed by atoms with Crippen LogP contribution in [0.2, 0.25) is 0 Å². The summed E-state index contributed by atoms with van der Waals surface area (Å²) in [5.41, 5.74) is 7.39. The molecule has 0 unspecified atom stereocenters. The molecule has 0 N–H and O–H groups in total. The van der Waals surface area contributed by atoms with Crippen LogP contribution in [0.25, 0.3) is 32.9 Å². The molecule has 0 saturated carbocycles. The lowest BCUT2D eigenvalue weighted by atomic mass is 9.89. The van der Waals surface area contributed by atoms with Crippen molar-refractivity contribution in [2.45, 2.75) is 19.5 Å². The highest BCUT2D eigenvalue weighted by Gasteiger charge is 2.24. The molecule has 0 fully saturated rings. The monoisotopic (exact) mass is 430 g/mol. The fourth-order valence-corrected chi connectivity index (χ4v) is 5.16. The normalized spacial score (nSPS) is 13.8. The summed E-state index contributed by atoms with van der Waals surface area (Å²) >= 11 is 0. The molecule has 4 aromatic carbocycles. The van der Waals surface area contributed by atoms with Crippen molar-refractivity contribution in [3.05, 3.63) is 108 Å². The molecule has 0 saturated heterocycles. The molecule has 0 bridgehead atoms. The molecule has 0 amide bonds. The highest BCUT2D eigenvalue weighted by Crippen LogP contribution is 2.38. The first kappa shape index (κ1) is 20.0. The van der Waals surface area contributed by atoms with Crippen LogP contribution in [-0.2, 0) is 19.5 Å². The Morgan fingerprint density at radius 1 is 0.848 bits per heavy atom. The van der Waals surface area contributed by atoms with E-state index >= 15 is 0 Å². The maximum atomic E-state index is 5.53. The number of aromatic nitrogens is 1. The number of ether oxygens (including phenoxy) is 1. The molecule has 6 rings (SSSR count). The van der Waals surface area contributed by atoms with Gasteiger partial charge in [-0.05, 0) is 52.1 Å². The number of fused-ring (bicyclic) bond motifs is 5. The van der Waals surface area contributed by atoms with Gasteiger partial charge in [0.2, 0.25) is 0 Å². The molecule has 0 radical (unpaired) electrons. The molecule has 3 heteroatoms. The molecule has 5 aromatic rings. The summed E-state index contributed by atoms with van der Waals surface area (Å²) < 4.78 is 5.53. The van der Waals surface area contributed by atoms with Crippen molar-refractivity contribution in [1.29, 1.82) is 0 Å². The highest BCUT2D eigenvalue weighted by atomic mass is 16.5. The van der Waals surface area contributed by atoms with E-state index in [2.05, 4.69) is 89.8 Å². The first-order valence-electron chi connectivity index (χ1n) is 11.5. The zero-order valence-corrected chi connectivity index (χ0v) is 18.8.